The first kappa shape index (κ1) is 12.4. The van der Waals surface area contributed by atoms with E-state index in [-0.39, 0.29) is 17.4 Å². The Balaban J connectivity index is 2.19. The van der Waals surface area contributed by atoms with Crippen molar-refractivity contribution in [1.82, 2.24) is 0 Å². The van der Waals surface area contributed by atoms with Crippen LogP contribution in [0.5, 0.6) is 0 Å². The van der Waals surface area contributed by atoms with Crippen molar-refractivity contribution in [1.29, 1.82) is 0 Å². The Kier molecular flexibility index (Phi) is 5.93. The molecule has 0 aliphatic carbocycles. The molecule has 0 spiro atoms. The van der Waals surface area contributed by atoms with E-state index in [1.54, 1.807) is 14.2 Å². The van der Waals surface area contributed by atoms with E-state index < -0.39 is 0 Å². The number of thioether (sulfide) groups is 1. The highest BCUT2D eigenvalue weighted by Gasteiger charge is 2.34. The standard InChI is InChI=1S/C9H17BO3S/c1-11-4-3-5-14-8-7(12-2)6-13-9(8)10/h7-9H,3-6H2,1-2H3/t7-,8?,9-/m1/s1. The minimum absolute atomic E-state index is 0.137. The fourth-order valence-corrected chi connectivity index (χ4v) is 2.66. The lowest BCUT2D eigenvalue weighted by Crippen LogP contribution is -2.29. The normalized spacial score (nSPS) is 32.3. The summed E-state index contributed by atoms with van der Waals surface area (Å²) in [5.74, 6) is 1.04. The van der Waals surface area contributed by atoms with Gasteiger partial charge in [0.15, 0.2) is 0 Å². The second-order valence-corrected chi connectivity index (χ2v) is 4.54. The molecule has 0 saturated carbocycles. The Morgan fingerprint density at radius 2 is 2.29 bits per heavy atom. The highest BCUT2D eigenvalue weighted by atomic mass is 32.2. The topological polar surface area (TPSA) is 27.7 Å². The first-order valence-corrected chi connectivity index (χ1v) is 5.85. The van der Waals surface area contributed by atoms with Gasteiger partial charge in [-0.25, -0.2) is 0 Å². The van der Waals surface area contributed by atoms with Crippen molar-refractivity contribution in [2.45, 2.75) is 23.8 Å². The van der Waals surface area contributed by atoms with E-state index in [1.165, 1.54) is 0 Å². The predicted octanol–water partition coefficient (Wildman–Crippen LogP) is 0.664. The summed E-state index contributed by atoms with van der Waals surface area (Å²) in [5.41, 5.74) is 0. The van der Waals surface area contributed by atoms with Gasteiger partial charge in [0.05, 0.1) is 18.0 Å². The molecule has 1 aliphatic heterocycles. The second kappa shape index (κ2) is 6.72. The molecule has 0 bridgehead atoms. The molecule has 1 saturated heterocycles. The Morgan fingerprint density at radius 1 is 1.50 bits per heavy atom. The van der Waals surface area contributed by atoms with Crippen LogP contribution in [0.3, 0.4) is 0 Å². The molecule has 1 unspecified atom stereocenters. The van der Waals surface area contributed by atoms with Crippen LogP contribution in [-0.4, -0.2) is 58.4 Å². The van der Waals surface area contributed by atoms with Crippen molar-refractivity contribution in [3.63, 3.8) is 0 Å². The third-order valence-corrected chi connectivity index (χ3v) is 3.73. The predicted molar refractivity (Wildman–Crippen MR) is 59.0 cm³/mol. The summed E-state index contributed by atoms with van der Waals surface area (Å²) >= 11 is 1.81. The van der Waals surface area contributed by atoms with E-state index in [1.807, 2.05) is 11.8 Å². The highest BCUT2D eigenvalue weighted by Crippen LogP contribution is 2.27. The van der Waals surface area contributed by atoms with E-state index >= 15 is 0 Å². The molecule has 1 heterocycles. The number of rotatable bonds is 6. The summed E-state index contributed by atoms with van der Waals surface area (Å²) in [6.45, 7) is 1.41. The minimum atomic E-state index is -0.188. The van der Waals surface area contributed by atoms with Crippen LogP contribution in [0.2, 0.25) is 0 Å². The molecule has 0 aromatic rings. The minimum Gasteiger partial charge on any atom is -0.385 e. The summed E-state index contributed by atoms with van der Waals surface area (Å²) < 4.78 is 15.6. The zero-order valence-corrected chi connectivity index (χ0v) is 9.59. The first-order chi connectivity index (χ1) is 6.79. The number of ether oxygens (including phenoxy) is 3. The van der Waals surface area contributed by atoms with E-state index in [0.29, 0.717) is 6.61 Å². The molecular weight excluding hydrogens is 199 g/mol. The molecule has 0 aromatic carbocycles. The van der Waals surface area contributed by atoms with Crippen molar-refractivity contribution in [3.05, 3.63) is 0 Å². The van der Waals surface area contributed by atoms with E-state index in [0.717, 1.165) is 18.8 Å². The van der Waals surface area contributed by atoms with Crippen LogP contribution in [0, 0.1) is 0 Å². The average Bonchev–Trinajstić information content (AvgIpc) is 2.55. The fraction of sp³-hybridized carbons (Fsp3) is 1.00. The fourth-order valence-electron chi connectivity index (χ4n) is 1.43. The van der Waals surface area contributed by atoms with Gasteiger partial charge in [-0.2, -0.15) is 11.8 Å². The Labute approximate surface area is 91.3 Å². The lowest BCUT2D eigenvalue weighted by atomic mass is 9.96. The summed E-state index contributed by atoms with van der Waals surface area (Å²) in [6, 6.07) is -0.188. The quantitative estimate of drug-likeness (QED) is 0.481. The largest absolute Gasteiger partial charge is 0.385 e. The van der Waals surface area contributed by atoms with Crippen molar-refractivity contribution in [2.75, 3.05) is 33.2 Å². The van der Waals surface area contributed by atoms with Crippen LogP contribution in [0.15, 0.2) is 0 Å². The SMILES string of the molecule is [B][C@@H]1OC[C@@H](OC)C1SCCCOC. The van der Waals surface area contributed by atoms with Crippen LogP contribution in [-0.2, 0) is 14.2 Å². The molecule has 0 N–H and O–H groups in total. The van der Waals surface area contributed by atoms with Gasteiger partial charge in [0.1, 0.15) is 7.85 Å². The summed E-state index contributed by atoms with van der Waals surface area (Å²) in [5, 5.41) is 0.261. The van der Waals surface area contributed by atoms with Crippen molar-refractivity contribution < 1.29 is 14.2 Å². The maximum absolute atomic E-state index is 5.81. The Hall–Kier alpha value is 0.295. The Morgan fingerprint density at radius 3 is 2.93 bits per heavy atom. The maximum atomic E-state index is 5.81. The molecule has 3 nitrogen and oxygen atoms in total. The monoisotopic (exact) mass is 216 g/mol. The number of hydrogen-bond acceptors (Lipinski definition) is 4. The zero-order chi connectivity index (χ0) is 10.4. The van der Waals surface area contributed by atoms with Gasteiger partial charge in [-0.05, 0) is 12.2 Å². The van der Waals surface area contributed by atoms with Crippen molar-refractivity contribution in [2.24, 2.45) is 0 Å². The van der Waals surface area contributed by atoms with E-state index in [2.05, 4.69) is 0 Å². The van der Waals surface area contributed by atoms with Crippen molar-refractivity contribution >= 4 is 19.6 Å². The third-order valence-electron chi connectivity index (χ3n) is 2.25. The molecule has 1 fully saturated rings. The third kappa shape index (κ3) is 3.46. The molecule has 1 aliphatic rings. The van der Waals surface area contributed by atoms with E-state index in [9.17, 15) is 0 Å². The zero-order valence-electron chi connectivity index (χ0n) is 8.77. The maximum Gasteiger partial charge on any atom is 0.110 e. The van der Waals surface area contributed by atoms with Gasteiger partial charge in [0.25, 0.3) is 0 Å². The molecular formula is C9H17BO3S. The van der Waals surface area contributed by atoms with Crippen LogP contribution in [0.1, 0.15) is 6.42 Å². The average molecular weight is 216 g/mol. The van der Waals surface area contributed by atoms with Gasteiger partial charge >= 0.3 is 0 Å². The second-order valence-electron chi connectivity index (χ2n) is 3.25. The van der Waals surface area contributed by atoms with Crippen LogP contribution >= 0.6 is 11.8 Å². The van der Waals surface area contributed by atoms with Crippen molar-refractivity contribution in [3.8, 4) is 0 Å². The smallest absolute Gasteiger partial charge is 0.110 e. The molecule has 80 valence electrons. The number of methoxy groups -OCH3 is 2. The summed E-state index contributed by atoms with van der Waals surface area (Å²) in [4.78, 5) is 0. The molecule has 2 radical (unpaired) electrons. The van der Waals surface area contributed by atoms with Gasteiger partial charge in [-0.3, -0.25) is 0 Å². The summed E-state index contributed by atoms with van der Waals surface area (Å²) in [6.07, 6.45) is 1.18. The molecule has 0 aromatic heterocycles. The van der Waals surface area contributed by atoms with Gasteiger partial charge in [-0.15, -0.1) is 0 Å². The highest BCUT2D eigenvalue weighted by molar-refractivity contribution is 8.00. The molecule has 14 heavy (non-hydrogen) atoms. The van der Waals surface area contributed by atoms with Gasteiger partial charge < -0.3 is 14.2 Å². The molecule has 5 heteroatoms. The number of hydrogen-bond donors (Lipinski definition) is 0. The van der Waals surface area contributed by atoms with Crippen LogP contribution in [0.4, 0.5) is 0 Å². The molecule has 0 amide bonds. The van der Waals surface area contributed by atoms with Gasteiger partial charge in [-0.1, -0.05) is 0 Å². The molecule has 1 rings (SSSR count). The summed E-state index contributed by atoms with van der Waals surface area (Å²) in [7, 11) is 9.22. The lowest BCUT2D eigenvalue weighted by molar-refractivity contribution is 0.0797. The van der Waals surface area contributed by atoms with E-state index in [4.69, 9.17) is 22.1 Å². The molecule has 3 atom stereocenters. The van der Waals surface area contributed by atoms with Gasteiger partial charge in [0, 0.05) is 26.8 Å². The van der Waals surface area contributed by atoms with Crippen LogP contribution in [0.25, 0.3) is 0 Å². The first-order valence-electron chi connectivity index (χ1n) is 4.80. The Bertz CT molecular complexity index is 159. The van der Waals surface area contributed by atoms with Gasteiger partial charge in [0.2, 0.25) is 0 Å². The lowest BCUT2D eigenvalue weighted by Gasteiger charge is -2.19. The van der Waals surface area contributed by atoms with Crippen LogP contribution < -0.4 is 0 Å².